The molecular weight excluding hydrogens is 342 g/mol. The Hall–Kier alpha value is -3.93. The molecule has 1 aromatic heterocycles. The van der Waals surface area contributed by atoms with Crippen LogP contribution in [0.1, 0.15) is 10.4 Å². The predicted molar refractivity (Wildman–Crippen MR) is 102 cm³/mol. The van der Waals surface area contributed by atoms with Crippen LogP contribution in [0.2, 0.25) is 0 Å². The smallest absolute Gasteiger partial charge is 0.259 e. The number of phenols is 1. The maximum atomic E-state index is 12.5. The molecule has 0 spiro atoms. The molecule has 6 nitrogen and oxygen atoms in total. The molecule has 0 radical (unpaired) electrons. The van der Waals surface area contributed by atoms with Crippen molar-refractivity contribution in [3.8, 4) is 17.4 Å². The van der Waals surface area contributed by atoms with Crippen LogP contribution in [0.3, 0.4) is 0 Å². The van der Waals surface area contributed by atoms with Crippen molar-refractivity contribution in [2.45, 2.75) is 0 Å². The molecule has 0 aliphatic rings. The highest BCUT2D eigenvalue weighted by Crippen LogP contribution is 2.26. The van der Waals surface area contributed by atoms with Gasteiger partial charge in [0.25, 0.3) is 5.91 Å². The molecule has 0 fully saturated rings. The van der Waals surface area contributed by atoms with Crippen LogP contribution in [0.25, 0.3) is 10.8 Å². The predicted octanol–water partition coefficient (Wildman–Crippen LogP) is 4.38. The van der Waals surface area contributed by atoms with Gasteiger partial charge in [0, 0.05) is 18.1 Å². The van der Waals surface area contributed by atoms with E-state index in [1.54, 1.807) is 48.8 Å². The zero-order valence-electron chi connectivity index (χ0n) is 14.2. The molecule has 1 amide bonds. The first kappa shape index (κ1) is 16.5. The lowest BCUT2D eigenvalue weighted by molar-refractivity contribution is 0.102. The van der Waals surface area contributed by atoms with Crippen LogP contribution >= 0.6 is 0 Å². The zero-order valence-corrected chi connectivity index (χ0v) is 14.2. The lowest BCUT2D eigenvalue weighted by Gasteiger charge is -2.09. The van der Waals surface area contributed by atoms with Gasteiger partial charge in [-0.3, -0.25) is 9.78 Å². The molecule has 27 heavy (non-hydrogen) atoms. The number of ether oxygens (including phenoxy) is 1. The number of anilines is 1. The van der Waals surface area contributed by atoms with Gasteiger partial charge < -0.3 is 15.2 Å². The number of rotatable bonds is 4. The molecule has 2 N–H and O–H groups in total. The number of fused-ring (bicyclic) bond motifs is 1. The number of aromatic hydroxyl groups is 1. The van der Waals surface area contributed by atoms with Crippen LogP contribution in [-0.4, -0.2) is 21.0 Å². The number of nitrogens with zero attached hydrogens (tertiary/aromatic N) is 2. The van der Waals surface area contributed by atoms with Crippen molar-refractivity contribution in [1.29, 1.82) is 0 Å². The fourth-order valence-electron chi connectivity index (χ4n) is 2.67. The molecule has 0 saturated heterocycles. The second kappa shape index (κ2) is 7.13. The molecule has 6 heteroatoms. The summed E-state index contributed by atoms with van der Waals surface area (Å²) in [6, 6.07) is 17.6. The number of hydrogen-bond donors (Lipinski definition) is 2. The van der Waals surface area contributed by atoms with Gasteiger partial charge in [-0.1, -0.05) is 24.3 Å². The first-order valence-electron chi connectivity index (χ1n) is 8.26. The SMILES string of the molecule is O=C(Nc1ccc(Oc2cnccn2)cc1)c1cc2ccccc2cc1O. The average molecular weight is 357 g/mol. The summed E-state index contributed by atoms with van der Waals surface area (Å²) in [5, 5.41) is 14.7. The minimum Gasteiger partial charge on any atom is -0.507 e. The third-order valence-electron chi connectivity index (χ3n) is 3.98. The number of amides is 1. The Labute approximate surface area is 155 Å². The van der Waals surface area contributed by atoms with Crippen LogP contribution in [0.4, 0.5) is 5.69 Å². The molecule has 1 heterocycles. The van der Waals surface area contributed by atoms with Crippen LogP contribution < -0.4 is 10.1 Å². The zero-order chi connectivity index (χ0) is 18.6. The summed E-state index contributed by atoms with van der Waals surface area (Å²) in [7, 11) is 0. The Kier molecular flexibility index (Phi) is 4.37. The summed E-state index contributed by atoms with van der Waals surface area (Å²) in [5.41, 5.74) is 0.799. The molecule has 0 bridgehead atoms. The van der Waals surface area contributed by atoms with Crippen LogP contribution in [0, 0.1) is 0 Å². The van der Waals surface area contributed by atoms with Gasteiger partial charge in [0.2, 0.25) is 5.88 Å². The van der Waals surface area contributed by atoms with Gasteiger partial charge in [-0.15, -0.1) is 0 Å². The van der Waals surface area contributed by atoms with E-state index in [1.807, 2.05) is 24.3 Å². The summed E-state index contributed by atoms with van der Waals surface area (Å²) in [6.45, 7) is 0. The van der Waals surface area contributed by atoms with Gasteiger partial charge in [0.05, 0.1) is 11.8 Å². The monoisotopic (exact) mass is 357 g/mol. The molecule has 0 saturated carbocycles. The summed E-state index contributed by atoms with van der Waals surface area (Å²) in [4.78, 5) is 20.5. The Morgan fingerprint density at radius 3 is 2.41 bits per heavy atom. The Balaban J connectivity index is 1.50. The molecule has 0 unspecified atom stereocenters. The van der Waals surface area contributed by atoms with E-state index >= 15 is 0 Å². The molecule has 132 valence electrons. The van der Waals surface area contributed by atoms with Crippen molar-refractivity contribution in [3.05, 3.63) is 84.8 Å². The highest BCUT2D eigenvalue weighted by molar-refractivity contribution is 6.08. The van der Waals surface area contributed by atoms with Gasteiger partial charge in [0.15, 0.2) is 0 Å². The number of aromatic nitrogens is 2. The summed E-state index contributed by atoms with van der Waals surface area (Å²) < 4.78 is 5.56. The highest BCUT2D eigenvalue weighted by atomic mass is 16.5. The van der Waals surface area contributed by atoms with Crippen molar-refractivity contribution < 1.29 is 14.6 Å². The van der Waals surface area contributed by atoms with Crippen LogP contribution in [0.5, 0.6) is 17.4 Å². The highest BCUT2D eigenvalue weighted by Gasteiger charge is 2.13. The topological polar surface area (TPSA) is 84.3 Å². The summed E-state index contributed by atoms with van der Waals surface area (Å²) in [5.74, 6) is 0.507. The van der Waals surface area contributed by atoms with E-state index in [1.165, 1.54) is 6.20 Å². The lowest BCUT2D eigenvalue weighted by Crippen LogP contribution is -2.12. The van der Waals surface area contributed by atoms with Gasteiger partial charge in [-0.05, 0) is 47.2 Å². The number of carbonyl (C=O) groups is 1. The first-order valence-corrected chi connectivity index (χ1v) is 8.26. The molecule has 0 aliphatic carbocycles. The van der Waals surface area contributed by atoms with E-state index in [4.69, 9.17) is 4.74 Å². The molecule has 4 rings (SSSR count). The Morgan fingerprint density at radius 1 is 0.963 bits per heavy atom. The largest absolute Gasteiger partial charge is 0.507 e. The van der Waals surface area contributed by atoms with Crippen molar-refractivity contribution >= 4 is 22.4 Å². The molecule has 3 aromatic carbocycles. The van der Waals surface area contributed by atoms with Gasteiger partial charge in [-0.25, -0.2) is 4.98 Å². The van der Waals surface area contributed by atoms with E-state index in [0.29, 0.717) is 17.3 Å². The second-order valence-electron chi connectivity index (χ2n) is 5.84. The fourth-order valence-corrected chi connectivity index (χ4v) is 2.67. The minimum atomic E-state index is -0.388. The van der Waals surface area contributed by atoms with Gasteiger partial charge in [-0.2, -0.15) is 0 Å². The maximum absolute atomic E-state index is 12.5. The van der Waals surface area contributed by atoms with E-state index in [9.17, 15) is 9.90 Å². The average Bonchev–Trinajstić information content (AvgIpc) is 2.69. The Morgan fingerprint density at radius 2 is 1.70 bits per heavy atom. The number of carbonyl (C=O) groups excluding carboxylic acids is 1. The van der Waals surface area contributed by atoms with Crippen molar-refractivity contribution in [2.75, 3.05) is 5.32 Å². The van der Waals surface area contributed by atoms with E-state index in [-0.39, 0.29) is 17.2 Å². The third-order valence-corrected chi connectivity index (χ3v) is 3.98. The maximum Gasteiger partial charge on any atom is 0.259 e. The molecule has 4 aromatic rings. The Bertz CT molecular complexity index is 1100. The minimum absolute atomic E-state index is 0.0613. The normalized spacial score (nSPS) is 10.5. The fraction of sp³-hybridized carbons (Fsp3) is 0. The lowest BCUT2D eigenvalue weighted by atomic mass is 10.1. The molecule has 0 atom stereocenters. The third kappa shape index (κ3) is 3.69. The first-order chi connectivity index (χ1) is 13.2. The number of phenolic OH excluding ortho intramolecular Hbond substituents is 1. The molecule has 0 aliphatic heterocycles. The van der Waals surface area contributed by atoms with Gasteiger partial charge >= 0.3 is 0 Å². The van der Waals surface area contributed by atoms with Crippen LogP contribution in [0.15, 0.2) is 79.3 Å². The number of nitrogens with one attached hydrogen (secondary N) is 1. The van der Waals surface area contributed by atoms with E-state index in [2.05, 4.69) is 15.3 Å². The van der Waals surface area contributed by atoms with E-state index < -0.39 is 0 Å². The number of hydrogen-bond acceptors (Lipinski definition) is 5. The van der Waals surface area contributed by atoms with Gasteiger partial charge in [0.1, 0.15) is 11.5 Å². The number of benzene rings is 3. The molecular formula is C21H15N3O3. The van der Waals surface area contributed by atoms with Crippen LogP contribution in [-0.2, 0) is 0 Å². The van der Waals surface area contributed by atoms with Crippen molar-refractivity contribution in [2.24, 2.45) is 0 Å². The summed E-state index contributed by atoms with van der Waals surface area (Å²) in [6.07, 6.45) is 4.62. The van der Waals surface area contributed by atoms with E-state index in [0.717, 1.165) is 10.8 Å². The van der Waals surface area contributed by atoms with Crippen molar-refractivity contribution in [1.82, 2.24) is 9.97 Å². The van der Waals surface area contributed by atoms with Crippen molar-refractivity contribution in [3.63, 3.8) is 0 Å². The summed E-state index contributed by atoms with van der Waals surface area (Å²) >= 11 is 0. The standard InChI is InChI=1S/C21H15N3O3/c25-19-12-15-4-2-1-3-14(15)11-18(19)21(26)24-16-5-7-17(8-6-16)27-20-13-22-9-10-23-20/h1-13,25H,(H,24,26). The second-order valence-corrected chi connectivity index (χ2v) is 5.84. The quantitative estimate of drug-likeness (QED) is 0.566.